The first-order valence-electron chi connectivity index (χ1n) is 11.6. The zero-order chi connectivity index (χ0) is 26.9. The van der Waals surface area contributed by atoms with Gasteiger partial charge in [-0.2, -0.15) is 13.2 Å². The predicted octanol–water partition coefficient (Wildman–Crippen LogP) is 3.94. The Bertz CT molecular complexity index is 1320. The molecule has 3 aromatic rings. The third kappa shape index (κ3) is 5.45. The number of fused-ring (bicyclic) bond motifs is 1. The fourth-order valence-corrected chi connectivity index (χ4v) is 3.99. The molecule has 0 unspecified atom stereocenters. The molecule has 0 spiro atoms. The minimum atomic E-state index is -4.64. The Hall–Kier alpha value is -3.87. The molecule has 4 rings (SSSR count). The van der Waals surface area contributed by atoms with Crippen molar-refractivity contribution in [1.29, 1.82) is 0 Å². The molecule has 1 fully saturated rings. The molecule has 198 valence electrons. The summed E-state index contributed by atoms with van der Waals surface area (Å²) in [5.74, 6) is -0.279. The van der Waals surface area contributed by atoms with Crippen LogP contribution in [0.15, 0.2) is 28.7 Å². The van der Waals surface area contributed by atoms with E-state index in [9.17, 15) is 22.8 Å². The van der Waals surface area contributed by atoms with E-state index >= 15 is 0 Å². The summed E-state index contributed by atoms with van der Waals surface area (Å²) >= 11 is 0. The first-order chi connectivity index (χ1) is 17.5. The third-order valence-electron chi connectivity index (χ3n) is 5.87. The number of benzene rings is 1. The Kier molecular flexibility index (Phi) is 7.25. The topological polar surface area (TPSA) is 142 Å². The Morgan fingerprint density at radius 2 is 1.95 bits per heavy atom. The number of carbonyl (C=O) groups excluding carboxylic acids is 2. The summed E-state index contributed by atoms with van der Waals surface area (Å²) in [6.07, 6.45) is -4.58. The van der Waals surface area contributed by atoms with E-state index < -0.39 is 29.9 Å². The van der Waals surface area contributed by atoms with Crippen LogP contribution in [0.25, 0.3) is 22.4 Å². The number of amides is 2. The molecule has 0 aliphatic heterocycles. The standard InChI is InChI=1S/C24H26F3N5O5/c1-4-29-23(34)36-13-9-12(10-13)30-21(33)19-20(11(2)28)37-22(32-19)15-5-7-16(35-3)18-14(15)6-8-17(31-18)24(25,26)27/h5-8,11-13H,4,9-10,28H2,1-3H3,(H,29,34)(H,30,33)/t11-,12?,13?/m0/s1. The largest absolute Gasteiger partial charge is 0.494 e. The van der Waals surface area contributed by atoms with Crippen LogP contribution in [0, 0.1) is 0 Å². The van der Waals surface area contributed by atoms with E-state index in [4.69, 9.17) is 19.6 Å². The van der Waals surface area contributed by atoms with Crippen LogP contribution in [-0.2, 0) is 10.9 Å². The maximum atomic E-state index is 13.2. The second kappa shape index (κ2) is 10.2. The van der Waals surface area contributed by atoms with Gasteiger partial charge >= 0.3 is 12.3 Å². The van der Waals surface area contributed by atoms with Gasteiger partial charge in [0.1, 0.15) is 23.1 Å². The normalized spacial score (nSPS) is 18.1. The van der Waals surface area contributed by atoms with Gasteiger partial charge in [0.25, 0.3) is 5.91 Å². The van der Waals surface area contributed by atoms with Gasteiger partial charge in [-0.1, -0.05) is 0 Å². The lowest BCUT2D eigenvalue weighted by Gasteiger charge is -2.34. The van der Waals surface area contributed by atoms with Gasteiger partial charge in [0, 0.05) is 36.4 Å². The van der Waals surface area contributed by atoms with Crippen LogP contribution < -0.4 is 21.1 Å². The van der Waals surface area contributed by atoms with Crippen LogP contribution in [0.3, 0.4) is 0 Å². The van der Waals surface area contributed by atoms with E-state index in [1.54, 1.807) is 19.9 Å². The molecule has 2 heterocycles. The smallest absolute Gasteiger partial charge is 0.433 e. The molecule has 0 saturated heterocycles. The number of alkyl halides is 3. The average molecular weight is 521 g/mol. The quantitative estimate of drug-likeness (QED) is 0.425. The lowest BCUT2D eigenvalue weighted by atomic mass is 9.89. The first kappa shape index (κ1) is 26.2. The minimum absolute atomic E-state index is 0.00211. The van der Waals surface area contributed by atoms with Gasteiger partial charge in [-0.15, -0.1) is 0 Å². The fraction of sp³-hybridized carbons (Fsp3) is 0.417. The van der Waals surface area contributed by atoms with Crippen molar-refractivity contribution >= 4 is 22.9 Å². The third-order valence-corrected chi connectivity index (χ3v) is 5.87. The minimum Gasteiger partial charge on any atom is -0.494 e. The summed E-state index contributed by atoms with van der Waals surface area (Å²) in [5, 5.41) is 5.66. The van der Waals surface area contributed by atoms with Gasteiger partial charge in [-0.3, -0.25) is 4.79 Å². The number of methoxy groups -OCH3 is 1. The molecule has 2 aromatic heterocycles. The summed E-state index contributed by atoms with van der Waals surface area (Å²) in [7, 11) is 1.32. The summed E-state index contributed by atoms with van der Waals surface area (Å²) < 4.78 is 56.0. The molecular formula is C24H26F3N5O5. The summed E-state index contributed by atoms with van der Waals surface area (Å²) in [6, 6.07) is 4.18. The molecule has 1 aliphatic carbocycles. The number of rotatable bonds is 7. The lowest BCUT2D eigenvalue weighted by molar-refractivity contribution is -0.140. The zero-order valence-corrected chi connectivity index (χ0v) is 20.3. The van der Waals surface area contributed by atoms with E-state index in [2.05, 4.69) is 20.6 Å². The molecule has 4 N–H and O–H groups in total. The Morgan fingerprint density at radius 1 is 1.22 bits per heavy atom. The van der Waals surface area contributed by atoms with Crippen molar-refractivity contribution in [3.63, 3.8) is 0 Å². The second-order valence-corrected chi connectivity index (χ2v) is 8.63. The van der Waals surface area contributed by atoms with Crippen molar-refractivity contribution < 1.29 is 36.7 Å². The van der Waals surface area contributed by atoms with Crippen LogP contribution in [0.1, 0.15) is 54.7 Å². The Morgan fingerprint density at radius 3 is 2.57 bits per heavy atom. The molecular weight excluding hydrogens is 495 g/mol. The molecule has 13 heteroatoms. The van der Waals surface area contributed by atoms with Gasteiger partial charge in [0.05, 0.1) is 13.2 Å². The van der Waals surface area contributed by atoms with Crippen LogP contribution in [0.4, 0.5) is 18.0 Å². The molecule has 1 atom stereocenters. The van der Waals surface area contributed by atoms with Crippen LogP contribution in [0.5, 0.6) is 5.75 Å². The number of pyridine rings is 1. The van der Waals surface area contributed by atoms with Crippen molar-refractivity contribution in [2.75, 3.05) is 13.7 Å². The number of halogens is 3. The number of oxazole rings is 1. The lowest BCUT2D eigenvalue weighted by Crippen LogP contribution is -2.49. The molecule has 0 radical (unpaired) electrons. The fourth-order valence-electron chi connectivity index (χ4n) is 3.99. The number of hydrogen-bond donors (Lipinski definition) is 3. The number of hydrogen-bond acceptors (Lipinski definition) is 8. The summed E-state index contributed by atoms with van der Waals surface area (Å²) in [6.45, 7) is 3.84. The summed E-state index contributed by atoms with van der Waals surface area (Å²) in [5.41, 5.74) is 5.19. The molecule has 1 saturated carbocycles. The first-order valence-corrected chi connectivity index (χ1v) is 11.6. The Labute approximate surface area is 209 Å². The van der Waals surface area contributed by atoms with Crippen molar-refractivity contribution in [3.8, 4) is 17.2 Å². The highest BCUT2D eigenvalue weighted by Crippen LogP contribution is 2.37. The van der Waals surface area contributed by atoms with Crippen molar-refractivity contribution in [3.05, 3.63) is 41.4 Å². The van der Waals surface area contributed by atoms with E-state index in [1.807, 2.05) is 0 Å². The average Bonchev–Trinajstić information content (AvgIpc) is 3.27. The molecule has 37 heavy (non-hydrogen) atoms. The van der Waals surface area contributed by atoms with Crippen LogP contribution >= 0.6 is 0 Å². The van der Waals surface area contributed by atoms with Gasteiger partial charge in [-0.05, 0) is 38.1 Å². The number of nitrogens with two attached hydrogens (primary N) is 1. The number of aromatic nitrogens is 2. The van der Waals surface area contributed by atoms with Gasteiger partial charge in [0.2, 0.25) is 5.89 Å². The molecule has 0 bridgehead atoms. The molecule has 2 amide bonds. The van der Waals surface area contributed by atoms with Crippen LogP contribution in [0.2, 0.25) is 0 Å². The second-order valence-electron chi connectivity index (χ2n) is 8.63. The van der Waals surface area contributed by atoms with Gasteiger partial charge in [0.15, 0.2) is 11.5 Å². The maximum absolute atomic E-state index is 13.2. The SMILES string of the molecule is CCNC(=O)OC1CC(NC(=O)c2nc(-c3ccc(OC)c4nc(C(F)(F)F)ccc34)oc2[C@H](C)N)C1. The van der Waals surface area contributed by atoms with E-state index in [0.717, 1.165) is 6.07 Å². The van der Waals surface area contributed by atoms with E-state index in [1.165, 1.54) is 19.2 Å². The van der Waals surface area contributed by atoms with Crippen LogP contribution in [-0.4, -0.2) is 47.8 Å². The van der Waals surface area contributed by atoms with E-state index in [-0.39, 0.29) is 40.8 Å². The monoisotopic (exact) mass is 521 g/mol. The highest BCUT2D eigenvalue weighted by Gasteiger charge is 2.36. The van der Waals surface area contributed by atoms with Crippen molar-refractivity contribution in [2.24, 2.45) is 5.73 Å². The summed E-state index contributed by atoms with van der Waals surface area (Å²) in [4.78, 5) is 32.6. The maximum Gasteiger partial charge on any atom is 0.433 e. The number of alkyl carbamates (subject to hydrolysis) is 1. The molecule has 1 aliphatic rings. The van der Waals surface area contributed by atoms with Crippen molar-refractivity contribution in [2.45, 2.75) is 51.1 Å². The number of nitrogens with zero attached hydrogens (tertiary/aromatic N) is 2. The number of carbonyl (C=O) groups is 2. The molecule has 1 aromatic carbocycles. The Balaban J connectivity index is 1.61. The molecule has 10 nitrogen and oxygen atoms in total. The van der Waals surface area contributed by atoms with Gasteiger partial charge in [-0.25, -0.2) is 14.8 Å². The van der Waals surface area contributed by atoms with Crippen molar-refractivity contribution in [1.82, 2.24) is 20.6 Å². The number of nitrogens with one attached hydrogen (secondary N) is 2. The van der Waals surface area contributed by atoms with E-state index in [0.29, 0.717) is 30.3 Å². The predicted molar refractivity (Wildman–Crippen MR) is 126 cm³/mol. The highest BCUT2D eigenvalue weighted by atomic mass is 19.4. The zero-order valence-electron chi connectivity index (χ0n) is 20.3. The highest BCUT2D eigenvalue weighted by molar-refractivity contribution is 5.98. The van der Waals surface area contributed by atoms with Gasteiger partial charge < -0.3 is 30.3 Å². The number of ether oxygens (including phenoxy) is 2.